The Bertz CT molecular complexity index is 733. The van der Waals surface area contributed by atoms with Gasteiger partial charge in [0.2, 0.25) is 0 Å². The Morgan fingerprint density at radius 1 is 1.00 bits per heavy atom. The summed E-state index contributed by atoms with van der Waals surface area (Å²) in [5.74, 6) is 0.283. The molecule has 0 radical (unpaired) electrons. The molecule has 2 aliphatic rings. The van der Waals surface area contributed by atoms with Crippen molar-refractivity contribution in [3.05, 3.63) is 40.0 Å². The molecule has 0 unspecified atom stereocenters. The highest BCUT2D eigenvalue weighted by atomic mass is 16.3. The maximum absolute atomic E-state index is 10.2. The Morgan fingerprint density at radius 2 is 1.74 bits per heavy atom. The largest absolute Gasteiger partial charge is 0.506 e. The van der Waals surface area contributed by atoms with Gasteiger partial charge in [0.15, 0.2) is 0 Å². The van der Waals surface area contributed by atoms with E-state index in [0.29, 0.717) is 5.69 Å². The second-order valence-electron chi connectivity index (χ2n) is 6.69. The van der Waals surface area contributed by atoms with E-state index in [1.54, 1.807) is 0 Å². The fourth-order valence-electron chi connectivity index (χ4n) is 2.69. The van der Waals surface area contributed by atoms with Crippen LogP contribution in [0.4, 0.5) is 0 Å². The molecular weight excluding hydrogens is 234 g/mol. The van der Waals surface area contributed by atoms with Gasteiger partial charge < -0.3 is 5.11 Å². The third-order valence-electron chi connectivity index (χ3n) is 3.59. The second kappa shape index (κ2) is 3.60. The van der Waals surface area contributed by atoms with E-state index in [9.17, 15) is 5.11 Å². The molecule has 1 heterocycles. The predicted molar refractivity (Wildman–Crippen MR) is 79.6 cm³/mol. The maximum Gasteiger partial charge on any atom is 0.138 e. The highest BCUT2D eigenvalue weighted by Crippen LogP contribution is 2.27. The summed E-state index contributed by atoms with van der Waals surface area (Å²) in [4.78, 5) is 4.64. The van der Waals surface area contributed by atoms with E-state index in [0.717, 1.165) is 16.1 Å². The van der Waals surface area contributed by atoms with E-state index in [1.165, 1.54) is 0 Å². The van der Waals surface area contributed by atoms with Gasteiger partial charge in [-0.05, 0) is 18.2 Å². The first-order chi connectivity index (χ1) is 8.76. The number of hydrogen-bond acceptors (Lipinski definition) is 2. The number of aliphatic hydroxyl groups excluding tert-OH is 1. The monoisotopic (exact) mass is 253 g/mol. The quantitative estimate of drug-likeness (QED) is 0.771. The molecular formula is C17H19NO. The van der Waals surface area contributed by atoms with Crippen molar-refractivity contribution in [3.63, 3.8) is 0 Å². The SMILES string of the molecule is CC1(C)C=C(O)c2nc3c(cc2=C1)C=CC(C)(C)C=3. The van der Waals surface area contributed by atoms with Crippen LogP contribution in [0, 0.1) is 10.8 Å². The highest BCUT2D eigenvalue weighted by Gasteiger charge is 2.22. The normalized spacial score (nSPS) is 21.6. The lowest BCUT2D eigenvalue weighted by atomic mass is 9.85. The summed E-state index contributed by atoms with van der Waals surface area (Å²) in [5, 5.41) is 12.1. The van der Waals surface area contributed by atoms with Crippen molar-refractivity contribution < 1.29 is 5.11 Å². The van der Waals surface area contributed by atoms with Gasteiger partial charge in [-0.1, -0.05) is 45.9 Å². The molecule has 0 spiro atoms. The minimum absolute atomic E-state index is 0.0191. The van der Waals surface area contributed by atoms with Crippen LogP contribution in [0.1, 0.15) is 39.0 Å². The number of fused-ring (bicyclic) bond motifs is 2. The Hall–Kier alpha value is -1.83. The van der Waals surface area contributed by atoms with Crippen LogP contribution in [0.5, 0.6) is 0 Å². The molecule has 0 fully saturated rings. The fourth-order valence-corrected chi connectivity index (χ4v) is 2.69. The number of rotatable bonds is 0. The zero-order valence-electron chi connectivity index (χ0n) is 11.9. The topological polar surface area (TPSA) is 33.1 Å². The van der Waals surface area contributed by atoms with Gasteiger partial charge in [-0.25, -0.2) is 4.98 Å². The van der Waals surface area contributed by atoms with Crippen LogP contribution in [-0.2, 0) is 0 Å². The van der Waals surface area contributed by atoms with Crippen LogP contribution in [0.2, 0.25) is 0 Å². The predicted octanol–water partition coefficient (Wildman–Crippen LogP) is 2.63. The van der Waals surface area contributed by atoms with Gasteiger partial charge in [-0.3, -0.25) is 0 Å². The first kappa shape index (κ1) is 12.2. The molecule has 19 heavy (non-hydrogen) atoms. The van der Waals surface area contributed by atoms with Gasteiger partial charge in [-0.15, -0.1) is 0 Å². The average Bonchev–Trinajstić information content (AvgIpc) is 2.25. The first-order valence-electron chi connectivity index (χ1n) is 6.64. The molecule has 1 N–H and O–H groups in total. The van der Waals surface area contributed by atoms with Crippen LogP contribution < -0.4 is 10.6 Å². The first-order valence-corrected chi connectivity index (χ1v) is 6.64. The van der Waals surface area contributed by atoms with Crippen molar-refractivity contribution in [1.82, 2.24) is 4.98 Å². The Kier molecular flexibility index (Phi) is 2.31. The lowest BCUT2D eigenvalue weighted by Crippen LogP contribution is -2.30. The summed E-state index contributed by atoms with van der Waals surface area (Å²) in [5.41, 5.74) is 1.71. The van der Waals surface area contributed by atoms with Gasteiger partial charge in [-0.2, -0.15) is 0 Å². The van der Waals surface area contributed by atoms with Crippen LogP contribution in [0.15, 0.2) is 18.2 Å². The maximum atomic E-state index is 10.2. The average molecular weight is 253 g/mol. The van der Waals surface area contributed by atoms with Crippen molar-refractivity contribution in [3.8, 4) is 0 Å². The summed E-state index contributed by atoms with van der Waals surface area (Å²) >= 11 is 0. The number of nitrogens with zero attached hydrogens (tertiary/aromatic N) is 1. The van der Waals surface area contributed by atoms with Crippen LogP contribution in [0.25, 0.3) is 24.0 Å². The molecule has 1 aromatic rings. The summed E-state index contributed by atoms with van der Waals surface area (Å²) in [7, 11) is 0. The number of aliphatic hydroxyl groups is 1. The third kappa shape index (κ3) is 2.12. The minimum Gasteiger partial charge on any atom is -0.506 e. The standard InChI is InChI=1S/C17H19NO/c1-16(2)6-5-11-7-12-8-17(3,4)10-14(19)15(12)18-13(11)9-16/h5-10,19H,1-4H3. The zero-order valence-corrected chi connectivity index (χ0v) is 11.9. The van der Waals surface area contributed by atoms with Crippen molar-refractivity contribution in [2.45, 2.75) is 27.7 Å². The number of aromatic nitrogens is 1. The van der Waals surface area contributed by atoms with Crippen molar-refractivity contribution in [1.29, 1.82) is 0 Å². The molecule has 0 aromatic carbocycles. The summed E-state index contributed by atoms with van der Waals surface area (Å²) in [6.45, 7) is 8.46. The fraction of sp³-hybridized carbons (Fsp3) is 0.353. The summed E-state index contributed by atoms with van der Waals surface area (Å²) in [6.07, 6.45) is 10.5. The van der Waals surface area contributed by atoms with Crippen molar-refractivity contribution >= 4 is 24.0 Å². The molecule has 0 saturated heterocycles. The van der Waals surface area contributed by atoms with E-state index < -0.39 is 0 Å². The van der Waals surface area contributed by atoms with Crippen molar-refractivity contribution in [2.75, 3.05) is 0 Å². The molecule has 0 bridgehead atoms. The van der Waals surface area contributed by atoms with E-state index in [4.69, 9.17) is 0 Å². The molecule has 1 aromatic heterocycles. The van der Waals surface area contributed by atoms with E-state index in [-0.39, 0.29) is 16.6 Å². The van der Waals surface area contributed by atoms with Crippen LogP contribution in [0.3, 0.4) is 0 Å². The van der Waals surface area contributed by atoms with Gasteiger partial charge in [0.05, 0.1) is 5.35 Å². The Morgan fingerprint density at radius 3 is 2.47 bits per heavy atom. The van der Waals surface area contributed by atoms with Gasteiger partial charge in [0.25, 0.3) is 0 Å². The van der Waals surface area contributed by atoms with Gasteiger partial charge in [0.1, 0.15) is 11.5 Å². The molecule has 98 valence electrons. The molecule has 2 nitrogen and oxygen atoms in total. The molecule has 2 aliphatic carbocycles. The van der Waals surface area contributed by atoms with E-state index >= 15 is 0 Å². The Balaban J connectivity index is 2.33. The second-order valence-corrected chi connectivity index (χ2v) is 6.69. The van der Waals surface area contributed by atoms with E-state index in [2.05, 4.69) is 63.0 Å². The van der Waals surface area contributed by atoms with Gasteiger partial charge >= 0.3 is 0 Å². The number of pyridine rings is 1. The number of allylic oxidation sites excluding steroid dienone is 2. The third-order valence-corrected chi connectivity index (χ3v) is 3.59. The molecule has 0 saturated carbocycles. The highest BCUT2D eigenvalue weighted by molar-refractivity contribution is 5.67. The summed E-state index contributed by atoms with van der Waals surface area (Å²) in [6, 6.07) is 2.12. The Labute approximate surface area is 113 Å². The van der Waals surface area contributed by atoms with Crippen LogP contribution >= 0.6 is 0 Å². The lowest BCUT2D eigenvalue weighted by molar-refractivity contribution is 0.491. The van der Waals surface area contributed by atoms with Gasteiger partial charge in [0, 0.05) is 21.6 Å². The molecule has 0 aliphatic heterocycles. The lowest BCUT2D eigenvalue weighted by Gasteiger charge is -2.23. The number of hydrogen-bond donors (Lipinski definition) is 1. The molecule has 0 atom stereocenters. The smallest absolute Gasteiger partial charge is 0.138 e. The summed E-state index contributed by atoms with van der Waals surface area (Å²) < 4.78 is 0. The molecule has 0 amide bonds. The van der Waals surface area contributed by atoms with E-state index in [1.807, 2.05) is 6.08 Å². The van der Waals surface area contributed by atoms with Crippen molar-refractivity contribution in [2.24, 2.45) is 10.8 Å². The zero-order chi connectivity index (χ0) is 13.8. The molecule has 3 rings (SSSR count). The molecule has 2 heteroatoms. The van der Waals surface area contributed by atoms with Crippen LogP contribution in [-0.4, -0.2) is 10.1 Å². The minimum atomic E-state index is -0.131.